The van der Waals surface area contributed by atoms with Gasteiger partial charge in [-0.1, -0.05) is 0 Å². The third-order valence-electron chi connectivity index (χ3n) is 3.65. The molecule has 0 radical (unpaired) electrons. The molecule has 0 saturated carbocycles. The average molecular weight is 316 g/mol. The van der Waals surface area contributed by atoms with Gasteiger partial charge in [-0.15, -0.1) is 0 Å². The Morgan fingerprint density at radius 2 is 2.35 bits per heavy atom. The molecule has 0 spiro atoms. The quantitative estimate of drug-likeness (QED) is 0.927. The van der Waals surface area contributed by atoms with E-state index >= 15 is 0 Å². The number of hydrogen-bond acceptors (Lipinski definition) is 5. The lowest BCUT2D eigenvalue weighted by Crippen LogP contribution is -2.42. The van der Waals surface area contributed by atoms with Crippen LogP contribution in [0.25, 0.3) is 0 Å². The van der Waals surface area contributed by atoms with Crippen LogP contribution in [-0.4, -0.2) is 36.3 Å². The lowest BCUT2D eigenvalue weighted by atomic mass is 9.98. The molecule has 1 atom stereocenters. The Kier molecular flexibility index (Phi) is 5.43. The highest BCUT2D eigenvalue weighted by atomic mass is 16.6. The highest BCUT2D eigenvalue weighted by molar-refractivity contribution is 5.67. The summed E-state index contributed by atoms with van der Waals surface area (Å²) >= 11 is 0. The van der Waals surface area contributed by atoms with Crippen molar-refractivity contribution in [2.24, 2.45) is 5.92 Å². The van der Waals surface area contributed by atoms with Gasteiger partial charge in [0.05, 0.1) is 11.6 Å². The van der Waals surface area contributed by atoms with E-state index in [2.05, 4.69) is 21.3 Å². The Morgan fingerprint density at radius 1 is 1.57 bits per heavy atom. The molecule has 23 heavy (non-hydrogen) atoms. The number of nitrogens with one attached hydrogen (secondary N) is 1. The molecule has 2 heterocycles. The fraction of sp³-hybridized carbons (Fsp3) is 0.588. The Balaban J connectivity index is 1.88. The fourth-order valence-electron chi connectivity index (χ4n) is 2.64. The van der Waals surface area contributed by atoms with E-state index < -0.39 is 5.60 Å². The predicted molar refractivity (Wildman–Crippen MR) is 88.1 cm³/mol. The number of aromatic nitrogens is 1. The fourth-order valence-corrected chi connectivity index (χ4v) is 2.64. The second kappa shape index (κ2) is 7.32. The number of nitriles is 1. The van der Waals surface area contributed by atoms with Crippen LogP contribution < -0.4 is 10.2 Å². The molecule has 0 bridgehead atoms. The second-order valence-corrected chi connectivity index (χ2v) is 6.85. The second-order valence-electron chi connectivity index (χ2n) is 6.85. The maximum atomic E-state index is 11.7. The average Bonchev–Trinajstić information content (AvgIpc) is 2.52. The van der Waals surface area contributed by atoms with Crippen molar-refractivity contribution in [1.29, 1.82) is 5.26 Å². The first-order valence-electron chi connectivity index (χ1n) is 7.95. The zero-order valence-corrected chi connectivity index (χ0v) is 14.0. The molecule has 0 unspecified atom stereocenters. The summed E-state index contributed by atoms with van der Waals surface area (Å²) in [5.41, 5.74) is 0.133. The van der Waals surface area contributed by atoms with Gasteiger partial charge in [-0.05, 0) is 51.7 Å². The molecule has 1 aliphatic rings. The highest BCUT2D eigenvalue weighted by Gasteiger charge is 2.23. The lowest BCUT2D eigenvalue weighted by Gasteiger charge is -2.33. The van der Waals surface area contributed by atoms with Gasteiger partial charge in [-0.2, -0.15) is 5.26 Å². The van der Waals surface area contributed by atoms with Crippen LogP contribution in [0.3, 0.4) is 0 Å². The minimum Gasteiger partial charge on any atom is -0.444 e. The van der Waals surface area contributed by atoms with E-state index in [0.29, 0.717) is 18.0 Å². The van der Waals surface area contributed by atoms with Crippen molar-refractivity contribution in [3.05, 3.63) is 23.9 Å². The van der Waals surface area contributed by atoms with Gasteiger partial charge in [-0.3, -0.25) is 0 Å². The molecule has 1 N–H and O–H groups in total. The molecule has 1 aromatic heterocycles. The summed E-state index contributed by atoms with van der Waals surface area (Å²) < 4.78 is 5.26. The highest BCUT2D eigenvalue weighted by Crippen LogP contribution is 2.21. The number of amides is 1. The number of carbonyl (C=O) groups is 1. The van der Waals surface area contributed by atoms with Gasteiger partial charge in [0.15, 0.2) is 0 Å². The van der Waals surface area contributed by atoms with Gasteiger partial charge >= 0.3 is 6.09 Å². The van der Waals surface area contributed by atoms with Crippen LogP contribution in [-0.2, 0) is 4.74 Å². The van der Waals surface area contributed by atoms with Crippen molar-refractivity contribution in [3.8, 4) is 6.07 Å². The Morgan fingerprint density at radius 3 is 3.04 bits per heavy atom. The van der Waals surface area contributed by atoms with E-state index in [1.807, 2.05) is 26.8 Å². The molecule has 1 saturated heterocycles. The number of pyridine rings is 1. The number of carbonyl (C=O) groups excluding carboxylic acids is 1. The van der Waals surface area contributed by atoms with E-state index in [-0.39, 0.29) is 6.09 Å². The smallest absolute Gasteiger partial charge is 0.407 e. The normalized spacial score (nSPS) is 18.2. The molecular weight excluding hydrogens is 292 g/mol. The molecule has 1 aromatic rings. The maximum absolute atomic E-state index is 11.7. The van der Waals surface area contributed by atoms with Gasteiger partial charge in [0.2, 0.25) is 0 Å². The van der Waals surface area contributed by atoms with Crippen LogP contribution in [0.4, 0.5) is 10.6 Å². The molecule has 2 rings (SSSR count). The molecule has 6 heteroatoms. The van der Waals surface area contributed by atoms with Crippen LogP contribution in [0.1, 0.15) is 39.2 Å². The minimum absolute atomic E-state index is 0.351. The first kappa shape index (κ1) is 17.1. The minimum atomic E-state index is -0.482. The van der Waals surface area contributed by atoms with Gasteiger partial charge < -0.3 is 15.0 Å². The molecule has 0 aliphatic carbocycles. The lowest BCUT2D eigenvalue weighted by molar-refractivity contribution is 0.0517. The van der Waals surface area contributed by atoms with Crippen molar-refractivity contribution in [2.75, 3.05) is 24.5 Å². The third-order valence-corrected chi connectivity index (χ3v) is 3.65. The Labute approximate surface area is 137 Å². The monoisotopic (exact) mass is 316 g/mol. The number of ether oxygens (including phenoxy) is 1. The van der Waals surface area contributed by atoms with E-state index in [1.165, 1.54) is 0 Å². The van der Waals surface area contributed by atoms with Crippen LogP contribution in [0.5, 0.6) is 0 Å². The Hall–Kier alpha value is -2.29. The summed E-state index contributed by atoms with van der Waals surface area (Å²) in [6, 6.07) is 5.65. The summed E-state index contributed by atoms with van der Waals surface area (Å²) in [6.45, 7) is 7.88. The SMILES string of the molecule is CC(C)(C)OC(=O)NC[C@@H]1CCCN(c2cc(C#N)ccn2)C1. The van der Waals surface area contributed by atoms with Crippen LogP contribution in [0, 0.1) is 17.2 Å². The predicted octanol–water partition coefficient (Wildman–Crippen LogP) is 2.69. The first-order valence-corrected chi connectivity index (χ1v) is 7.95. The number of rotatable bonds is 3. The number of piperidine rings is 1. The van der Waals surface area contributed by atoms with Gasteiger partial charge in [0.1, 0.15) is 11.4 Å². The number of nitrogens with zero attached hydrogens (tertiary/aromatic N) is 3. The standard InChI is InChI=1S/C17H24N4O2/c1-17(2,3)23-16(22)20-11-14-5-4-8-21(12-14)15-9-13(10-18)6-7-19-15/h6-7,9,14H,4-5,8,11-12H2,1-3H3,(H,20,22)/t14-/m0/s1. The first-order chi connectivity index (χ1) is 10.9. The van der Waals surface area contributed by atoms with Crippen molar-refractivity contribution in [1.82, 2.24) is 10.3 Å². The van der Waals surface area contributed by atoms with Gasteiger partial charge in [0.25, 0.3) is 0 Å². The summed E-state index contributed by atoms with van der Waals surface area (Å²) in [4.78, 5) is 18.3. The van der Waals surface area contributed by atoms with Crippen molar-refractivity contribution in [3.63, 3.8) is 0 Å². The number of anilines is 1. The number of hydrogen-bond donors (Lipinski definition) is 1. The molecule has 124 valence electrons. The zero-order chi connectivity index (χ0) is 16.9. The molecule has 1 fully saturated rings. The molecule has 0 aromatic carbocycles. The van der Waals surface area contributed by atoms with Crippen LogP contribution in [0.2, 0.25) is 0 Å². The van der Waals surface area contributed by atoms with Gasteiger partial charge in [0, 0.05) is 25.8 Å². The van der Waals surface area contributed by atoms with E-state index in [0.717, 1.165) is 31.7 Å². The van der Waals surface area contributed by atoms with Crippen molar-refractivity contribution < 1.29 is 9.53 Å². The molecule has 1 amide bonds. The van der Waals surface area contributed by atoms with Gasteiger partial charge in [-0.25, -0.2) is 9.78 Å². The molecular formula is C17H24N4O2. The topological polar surface area (TPSA) is 78.2 Å². The third kappa shape index (κ3) is 5.44. The molecule has 6 nitrogen and oxygen atoms in total. The van der Waals surface area contributed by atoms with E-state index in [4.69, 9.17) is 10.00 Å². The largest absolute Gasteiger partial charge is 0.444 e. The van der Waals surface area contributed by atoms with E-state index in [9.17, 15) is 4.79 Å². The van der Waals surface area contributed by atoms with Crippen LogP contribution >= 0.6 is 0 Å². The van der Waals surface area contributed by atoms with Crippen molar-refractivity contribution >= 4 is 11.9 Å². The Bertz CT molecular complexity index is 589. The number of alkyl carbamates (subject to hydrolysis) is 1. The summed E-state index contributed by atoms with van der Waals surface area (Å²) in [7, 11) is 0. The van der Waals surface area contributed by atoms with Crippen LogP contribution in [0.15, 0.2) is 18.3 Å². The zero-order valence-electron chi connectivity index (χ0n) is 14.0. The van der Waals surface area contributed by atoms with E-state index in [1.54, 1.807) is 12.3 Å². The summed E-state index contributed by atoms with van der Waals surface area (Å²) in [5.74, 6) is 1.18. The molecule has 1 aliphatic heterocycles. The summed E-state index contributed by atoms with van der Waals surface area (Å²) in [5, 5.41) is 11.8. The van der Waals surface area contributed by atoms with Crippen molar-refractivity contribution in [2.45, 2.75) is 39.2 Å². The maximum Gasteiger partial charge on any atom is 0.407 e. The summed E-state index contributed by atoms with van der Waals surface area (Å²) in [6.07, 6.45) is 3.39.